The number of nitrogens with zero attached hydrogens (tertiary/aromatic N) is 2. The van der Waals surface area contributed by atoms with Crippen molar-refractivity contribution in [3.8, 4) is 0 Å². The average molecular weight is 290 g/mol. The van der Waals surface area contributed by atoms with Crippen LogP contribution in [0.15, 0.2) is 12.1 Å². The van der Waals surface area contributed by atoms with Gasteiger partial charge in [0.1, 0.15) is 5.69 Å². The molecule has 1 aromatic rings. The monoisotopic (exact) mass is 290 g/mol. The first-order valence-corrected chi connectivity index (χ1v) is 7.38. The first kappa shape index (κ1) is 15.5. The molecule has 0 bridgehead atoms. The number of carbonyl (C=O) groups excluding carboxylic acids is 1. The quantitative estimate of drug-likeness (QED) is 0.929. The number of hydrogen-bond donors (Lipinski definition) is 1. The van der Waals surface area contributed by atoms with Crippen LogP contribution in [0.4, 0.5) is 0 Å². The molecule has 1 fully saturated rings. The smallest absolute Gasteiger partial charge is 0.337 e. The molecule has 1 saturated carbocycles. The van der Waals surface area contributed by atoms with Gasteiger partial charge in [0.15, 0.2) is 0 Å². The Labute approximate surface area is 125 Å². The van der Waals surface area contributed by atoms with Gasteiger partial charge < -0.3 is 10.0 Å². The van der Waals surface area contributed by atoms with Crippen LogP contribution in [0, 0.1) is 12.8 Å². The van der Waals surface area contributed by atoms with Crippen molar-refractivity contribution in [1.29, 1.82) is 0 Å². The summed E-state index contributed by atoms with van der Waals surface area (Å²) >= 11 is 0. The molecular formula is C16H22N2O3. The highest BCUT2D eigenvalue weighted by atomic mass is 16.4. The highest BCUT2D eigenvalue weighted by molar-refractivity contribution is 5.94. The number of rotatable bonds is 3. The third kappa shape index (κ3) is 3.40. The molecule has 1 aliphatic carbocycles. The summed E-state index contributed by atoms with van der Waals surface area (Å²) in [7, 11) is 1.81. The number of aromatic carboxylic acids is 1. The van der Waals surface area contributed by atoms with Gasteiger partial charge in [-0.1, -0.05) is 6.92 Å². The Kier molecular flexibility index (Phi) is 4.60. The summed E-state index contributed by atoms with van der Waals surface area (Å²) in [4.78, 5) is 29.4. The summed E-state index contributed by atoms with van der Waals surface area (Å²) in [5, 5.41) is 9.00. The molecule has 1 aliphatic rings. The second-order valence-corrected chi connectivity index (χ2v) is 5.96. The van der Waals surface area contributed by atoms with Crippen LogP contribution < -0.4 is 0 Å². The molecule has 5 nitrogen and oxygen atoms in total. The molecule has 0 unspecified atom stereocenters. The van der Waals surface area contributed by atoms with Crippen molar-refractivity contribution in [1.82, 2.24) is 9.88 Å². The highest BCUT2D eigenvalue weighted by Crippen LogP contribution is 2.27. The summed E-state index contributed by atoms with van der Waals surface area (Å²) < 4.78 is 0. The second-order valence-electron chi connectivity index (χ2n) is 5.96. The van der Waals surface area contributed by atoms with E-state index in [4.69, 9.17) is 5.11 Å². The molecule has 1 aromatic heterocycles. The number of pyridine rings is 1. The van der Waals surface area contributed by atoms with Crippen LogP contribution >= 0.6 is 0 Å². The normalized spacial score (nSPS) is 21.9. The van der Waals surface area contributed by atoms with Crippen molar-refractivity contribution in [3.63, 3.8) is 0 Å². The SMILES string of the molecule is Cc1nc(C(=O)N(C)C2CCC(C)CC2)ccc1C(=O)O. The molecule has 0 radical (unpaired) electrons. The number of carbonyl (C=O) groups is 2. The van der Waals surface area contributed by atoms with Crippen LogP contribution in [0.5, 0.6) is 0 Å². The zero-order valence-corrected chi connectivity index (χ0v) is 12.8. The summed E-state index contributed by atoms with van der Waals surface area (Å²) in [6, 6.07) is 3.21. The van der Waals surface area contributed by atoms with Gasteiger partial charge in [-0.2, -0.15) is 0 Å². The summed E-state index contributed by atoms with van der Waals surface area (Å²) in [5.74, 6) is -0.414. The Morgan fingerprint density at radius 1 is 1.24 bits per heavy atom. The first-order chi connectivity index (χ1) is 9.90. The number of aryl methyl sites for hydroxylation is 1. The van der Waals surface area contributed by atoms with E-state index in [0.717, 1.165) is 31.6 Å². The Morgan fingerprint density at radius 2 is 1.86 bits per heavy atom. The van der Waals surface area contributed by atoms with Gasteiger partial charge in [0, 0.05) is 13.1 Å². The lowest BCUT2D eigenvalue weighted by molar-refractivity contribution is 0.0665. The maximum atomic E-state index is 12.5. The predicted octanol–water partition coefficient (Wildman–Crippen LogP) is 2.74. The van der Waals surface area contributed by atoms with Crippen LogP contribution in [0.3, 0.4) is 0 Å². The molecule has 21 heavy (non-hydrogen) atoms. The summed E-state index contributed by atoms with van der Waals surface area (Å²) in [6.45, 7) is 3.86. The zero-order chi connectivity index (χ0) is 15.6. The van der Waals surface area contributed by atoms with E-state index in [1.807, 2.05) is 7.05 Å². The zero-order valence-electron chi connectivity index (χ0n) is 12.8. The Hall–Kier alpha value is -1.91. The fraction of sp³-hybridized carbons (Fsp3) is 0.562. The first-order valence-electron chi connectivity index (χ1n) is 7.38. The standard InChI is InChI=1S/C16H22N2O3/c1-10-4-6-12(7-5-10)18(3)15(19)14-9-8-13(16(20)21)11(2)17-14/h8-10,12H,4-7H2,1-3H3,(H,20,21). The molecule has 114 valence electrons. The van der Waals surface area contributed by atoms with Gasteiger partial charge in [-0.25, -0.2) is 9.78 Å². The van der Waals surface area contributed by atoms with Crippen LogP contribution in [-0.4, -0.2) is 40.0 Å². The number of carboxylic acids is 1. The molecule has 1 heterocycles. The molecule has 2 rings (SSSR count). The van der Waals surface area contributed by atoms with Gasteiger partial charge >= 0.3 is 5.97 Å². The fourth-order valence-electron chi connectivity index (χ4n) is 2.88. The predicted molar refractivity (Wildman–Crippen MR) is 79.4 cm³/mol. The molecule has 0 aliphatic heterocycles. The number of hydrogen-bond acceptors (Lipinski definition) is 3. The molecular weight excluding hydrogens is 268 g/mol. The van der Waals surface area contributed by atoms with Gasteiger partial charge in [-0.3, -0.25) is 4.79 Å². The summed E-state index contributed by atoms with van der Waals surface area (Å²) in [6.07, 6.45) is 4.34. The van der Waals surface area contributed by atoms with Gasteiger partial charge in [0.05, 0.1) is 11.3 Å². The molecule has 0 spiro atoms. The third-order valence-electron chi connectivity index (χ3n) is 4.39. The molecule has 0 atom stereocenters. The minimum absolute atomic E-state index is 0.130. The average Bonchev–Trinajstić information content (AvgIpc) is 2.46. The van der Waals surface area contributed by atoms with E-state index in [1.165, 1.54) is 12.1 Å². The molecule has 1 N–H and O–H groups in total. The molecule has 5 heteroatoms. The lowest BCUT2D eigenvalue weighted by atomic mass is 9.86. The Bertz CT molecular complexity index is 548. The Balaban J connectivity index is 2.12. The van der Waals surface area contributed by atoms with Gasteiger partial charge in [-0.05, 0) is 50.7 Å². The van der Waals surface area contributed by atoms with Gasteiger partial charge in [-0.15, -0.1) is 0 Å². The lowest BCUT2D eigenvalue weighted by Gasteiger charge is -2.33. The summed E-state index contributed by atoms with van der Waals surface area (Å²) in [5.41, 5.74) is 0.832. The van der Waals surface area contributed by atoms with Crippen molar-refractivity contribution in [2.24, 2.45) is 5.92 Å². The lowest BCUT2D eigenvalue weighted by Crippen LogP contribution is -2.39. The van der Waals surface area contributed by atoms with Crippen molar-refractivity contribution < 1.29 is 14.7 Å². The molecule has 0 aromatic carbocycles. The van der Waals surface area contributed by atoms with Crippen LogP contribution in [0.1, 0.15) is 59.1 Å². The van der Waals surface area contributed by atoms with E-state index in [-0.39, 0.29) is 17.5 Å². The van der Waals surface area contributed by atoms with E-state index in [1.54, 1.807) is 11.8 Å². The second kappa shape index (κ2) is 6.24. The molecule has 0 saturated heterocycles. The minimum atomic E-state index is -1.02. The maximum Gasteiger partial charge on any atom is 0.337 e. The van der Waals surface area contributed by atoms with Gasteiger partial charge in [0.25, 0.3) is 5.91 Å². The number of carboxylic acid groups (broad SMARTS) is 1. The largest absolute Gasteiger partial charge is 0.478 e. The third-order valence-corrected chi connectivity index (χ3v) is 4.39. The Morgan fingerprint density at radius 3 is 2.38 bits per heavy atom. The molecule has 1 amide bonds. The van der Waals surface area contributed by atoms with Gasteiger partial charge in [0.2, 0.25) is 0 Å². The van der Waals surface area contributed by atoms with Crippen LogP contribution in [-0.2, 0) is 0 Å². The van der Waals surface area contributed by atoms with E-state index in [0.29, 0.717) is 11.4 Å². The van der Waals surface area contributed by atoms with Crippen LogP contribution in [0.2, 0.25) is 0 Å². The van der Waals surface area contributed by atoms with E-state index < -0.39 is 5.97 Å². The van der Waals surface area contributed by atoms with E-state index in [9.17, 15) is 9.59 Å². The van der Waals surface area contributed by atoms with Crippen molar-refractivity contribution >= 4 is 11.9 Å². The topological polar surface area (TPSA) is 70.5 Å². The van der Waals surface area contributed by atoms with Crippen molar-refractivity contribution in [3.05, 3.63) is 29.1 Å². The highest BCUT2D eigenvalue weighted by Gasteiger charge is 2.26. The minimum Gasteiger partial charge on any atom is -0.478 e. The fourth-order valence-corrected chi connectivity index (χ4v) is 2.88. The number of aromatic nitrogens is 1. The maximum absolute atomic E-state index is 12.5. The van der Waals surface area contributed by atoms with Crippen molar-refractivity contribution in [2.45, 2.75) is 45.6 Å². The number of amides is 1. The van der Waals surface area contributed by atoms with Crippen LogP contribution in [0.25, 0.3) is 0 Å². The van der Waals surface area contributed by atoms with E-state index >= 15 is 0 Å². The van der Waals surface area contributed by atoms with E-state index in [2.05, 4.69) is 11.9 Å². The van der Waals surface area contributed by atoms with Crippen molar-refractivity contribution in [2.75, 3.05) is 7.05 Å².